The number of carbonyl (C=O) groups is 2. The van der Waals surface area contributed by atoms with Gasteiger partial charge in [0.2, 0.25) is 0 Å². The standard InChI is InChI=1S/C60H74O10/c1-4-5-6-7-8-9-25-36-51(63-40-45-26-15-10-16-27-45)39-52(62)55(66-43-48-32-21-13-22-33-48)53(64-41-46-28-17-11-18-29-46)37-50(61)38-54(65-42-47-30-19-12-20-31-47)56-57(67-44-49-34-23-14-24-35-49)58-59(68-56)70-60(2,3)69-58/h10-24,26-35,51,53-59H,4-9,25,36-44H2,1-3H3/t51-,53+,54+,55-,56-,57+,58-,59-/m1/s1. The van der Waals surface area contributed by atoms with Gasteiger partial charge in [-0.1, -0.05) is 204 Å². The fourth-order valence-electron chi connectivity index (χ4n) is 9.24. The Morgan fingerprint density at radius 1 is 0.529 bits per heavy atom. The fraction of sp³-hybridized carbons (Fsp3) is 0.467. The van der Waals surface area contributed by atoms with Crippen LogP contribution in [0, 0.1) is 0 Å². The summed E-state index contributed by atoms with van der Waals surface area (Å²) in [6.07, 6.45) is 2.95. The first kappa shape index (κ1) is 52.9. The third kappa shape index (κ3) is 17.2. The molecule has 8 atom stereocenters. The molecule has 5 aromatic rings. The molecule has 0 spiro atoms. The van der Waals surface area contributed by atoms with Crippen molar-refractivity contribution in [3.63, 3.8) is 0 Å². The number of Topliss-reactive ketones (excluding diaryl/α,β-unsaturated/α-hetero) is 2. The van der Waals surface area contributed by atoms with E-state index in [0.29, 0.717) is 13.2 Å². The minimum atomic E-state index is -1.08. The molecule has 2 heterocycles. The van der Waals surface area contributed by atoms with Gasteiger partial charge in [-0.2, -0.15) is 0 Å². The lowest BCUT2D eigenvalue weighted by Gasteiger charge is -2.32. The molecule has 5 aromatic carbocycles. The normalized spacial score (nSPS) is 20.1. The topological polar surface area (TPSA) is 108 Å². The smallest absolute Gasteiger partial charge is 0.190 e. The molecule has 0 bridgehead atoms. The second-order valence-electron chi connectivity index (χ2n) is 19.2. The Hall–Kier alpha value is -4.88. The van der Waals surface area contributed by atoms with E-state index >= 15 is 4.79 Å². The molecule has 0 N–H and O–H groups in total. The molecule has 7 rings (SSSR count). The van der Waals surface area contributed by atoms with Crippen LogP contribution in [0.2, 0.25) is 0 Å². The number of unbranched alkanes of at least 4 members (excludes halogenated alkanes) is 6. The number of rotatable bonds is 32. The molecular weight excluding hydrogens is 881 g/mol. The maximum atomic E-state index is 15.0. The predicted octanol–water partition coefficient (Wildman–Crippen LogP) is 12.2. The van der Waals surface area contributed by atoms with Crippen LogP contribution in [0.25, 0.3) is 0 Å². The highest BCUT2D eigenvalue weighted by Crippen LogP contribution is 2.41. The lowest BCUT2D eigenvalue weighted by molar-refractivity contribution is -0.235. The van der Waals surface area contributed by atoms with E-state index in [1.165, 1.54) is 25.7 Å². The van der Waals surface area contributed by atoms with Crippen LogP contribution in [0.15, 0.2) is 152 Å². The lowest BCUT2D eigenvalue weighted by Crippen LogP contribution is -2.45. The zero-order valence-electron chi connectivity index (χ0n) is 41.4. The van der Waals surface area contributed by atoms with E-state index in [1.54, 1.807) is 0 Å². The molecular formula is C60H74O10. The summed E-state index contributed by atoms with van der Waals surface area (Å²) in [6.45, 7) is 7.17. The molecule has 70 heavy (non-hydrogen) atoms. The summed E-state index contributed by atoms with van der Waals surface area (Å²) in [4.78, 5) is 29.9. The van der Waals surface area contributed by atoms with Gasteiger partial charge < -0.3 is 37.9 Å². The van der Waals surface area contributed by atoms with E-state index < -0.39 is 48.7 Å². The van der Waals surface area contributed by atoms with E-state index in [9.17, 15) is 4.79 Å². The van der Waals surface area contributed by atoms with Crippen molar-refractivity contribution in [2.45, 2.75) is 179 Å². The van der Waals surface area contributed by atoms with Crippen molar-refractivity contribution in [3.05, 3.63) is 179 Å². The molecule has 374 valence electrons. The van der Waals surface area contributed by atoms with Crippen molar-refractivity contribution in [1.29, 1.82) is 0 Å². The van der Waals surface area contributed by atoms with Gasteiger partial charge in [-0.3, -0.25) is 9.59 Å². The maximum absolute atomic E-state index is 15.0. The molecule has 10 heteroatoms. The van der Waals surface area contributed by atoms with E-state index in [0.717, 1.165) is 53.5 Å². The van der Waals surface area contributed by atoms with Crippen molar-refractivity contribution < 1.29 is 47.5 Å². The molecule has 10 nitrogen and oxygen atoms in total. The van der Waals surface area contributed by atoms with Gasteiger partial charge in [-0.25, -0.2) is 0 Å². The summed E-state index contributed by atoms with van der Waals surface area (Å²) in [5.41, 5.74) is 4.78. The fourth-order valence-corrected chi connectivity index (χ4v) is 9.24. The van der Waals surface area contributed by atoms with Gasteiger partial charge in [0.15, 0.2) is 17.9 Å². The van der Waals surface area contributed by atoms with Crippen LogP contribution >= 0.6 is 0 Å². The third-order valence-electron chi connectivity index (χ3n) is 13.0. The number of benzene rings is 5. The second kappa shape index (κ2) is 28.2. The first-order valence-corrected chi connectivity index (χ1v) is 25.6. The minimum Gasteiger partial charge on any atom is -0.373 e. The van der Waals surface area contributed by atoms with Crippen molar-refractivity contribution in [1.82, 2.24) is 0 Å². The van der Waals surface area contributed by atoms with Gasteiger partial charge in [-0.15, -0.1) is 0 Å². The van der Waals surface area contributed by atoms with Crippen molar-refractivity contribution in [2.24, 2.45) is 0 Å². The van der Waals surface area contributed by atoms with Crippen LogP contribution < -0.4 is 0 Å². The van der Waals surface area contributed by atoms with Gasteiger partial charge in [-0.05, 0) is 48.1 Å². The molecule has 2 aliphatic heterocycles. The van der Waals surface area contributed by atoms with Gasteiger partial charge in [0.05, 0.1) is 51.3 Å². The molecule has 2 fully saturated rings. The Labute approximate surface area is 416 Å². The molecule has 2 aliphatic rings. The average Bonchev–Trinajstić information content (AvgIpc) is 3.87. The van der Waals surface area contributed by atoms with E-state index in [4.69, 9.17) is 37.9 Å². The van der Waals surface area contributed by atoms with Crippen molar-refractivity contribution in [2.75, 3.05) is 0 Å². The maximum Gasteiger partial charge on any atom is 0.190 e. The first-order valence-electron chi connectivity index (χ1n) is 25.6. The molecule has 0 unspecified atom stereocenters. The highest BCUT2D eigenvalue weighted by atomic mass is 16.8. The summed E-state index contributed by atoms with van der Waals surface area (Å²) in [6, 6.07) is 49.4. The van der Waals surface area contributed by atoms with E-state index in [1.807, 2.05) is 166 Å². The van der Waals surface area contributed by atoms with Crippen LogP contribution in [0.1, 0.15) is 119 Å². The largest absolute Gasteiger partial charge is 0.373 e. The molecule has 2 saturated heterocycles. The molecule has 0 aliphatic carbocycles. The van der Waals surface area contributed by atoms with E-state index in [2.05, 4.69) is 6.92 Å². The molecule has 0 amide bonds. The van der Waals surface area contributed by atoms with Gasteiger partial charge >= 0.3 is 0 Å². The van der Waals surface area contributed by atoms with Gasteiger partial charge in [0.1, 0.15) is 30.2 Å². The Morgan fingerprint density at radius 3 is 1.54 bits per heavy atom. The minimum absolute atomic E-state index is 0.0581. The summed E-state index contributed by atoms with van der Waals surface area (Å²) >= 11 is 0. The van der Waals surface area contributed by atoms with Gasteiger partial charge in [0, 0.05) is 19.3 Å². The van der Waals surface area contributed by atoms with Crippen LogP contribution in [0.4, 0.5) is 0 Å². The Kier molecular flexibility index (Phi) is 21.4. The third-order valence-corrected chi connectivity index (χ3v) is 13.0. The zero-order valence-corrected chi connectivity index (χ0v) is 41.4. The predicted molar refractivity (Wildman–Crippen MR) is 270 cm³/mol. The number of ketones is 2. The first-order chi connectivity index (χ1) is 34.2. The average molecular weight is 955 g/mol. The number of fused-ring (bicyclic) bond motifs is 1. The SMILES string of the molecule is CCCCCCCCC[C@H](CC(=O)[C@@H](OCc1ccccc1)[C@H](CC(=O)C[C@H](OCc1ccccc1)[C@H]1O[C@@H]2OC(C)(C)O[C@@H]2[C@H]1OCc1ccccc1)OCc1ccccc1)OCc1ccccc1. The lowest BCUT2D eigenvalue weighted by atomic mass is 9.94. The van der Waals surface area contributed by atoms with Gasteiger partial charge in [0.25, 0.3) is 0 Å². The van der Waals surface area contributed by atoms with Crippen LogP contribution in [-0.2, 0) is 80.5 Å². The van der Waals surface area contributed by atoms with Crippen LogP contribution in [-0.4, -0.2) is 66.4 Å². The summed E-state index contributed by atoms with van der Waals surface area (Å²) in [5.74, 6) is -1.24. The Bertz CT molecular complexity index is 2220. The number of hydrogen-bond donors (Lipinski definition) is 0. The molecule has 0 aromatic heterocycles. The van der Waals surface area contributed by atoms with Crippen molar-refractivity contribution >= 4 is 11.6 Å². The molecule has 0 radical (unpaired) electrons. The summed E-state index contributed by atoms with van der Waals surface area (Å²) in [7, 11) is 0. The number of hydrogen-bond acceptors (Lipinski definition) is 10. The summed E-state index contributed by atoms with van der Waals surface area (Å²) in [5, 5.41) is 0. The highest BCUT2D eigenvalue weighted by Gasteiger charge is 2.57. The zero-order chi connectivity index (χ0) is 48.8. The van der Waals surface area contributed by atoms with Crippen LogP contribution in [0.3, 0.4) is 0 Å². The van der Waals surface area contributed by atoms with E-state index in [-0.39, 0.29) is 56.8 Å². The quantitative estimate of drug-likeness (QED) is 0.0387. The Morgan fingerprint density at radius 2 is 1.00 bits per heavy atom. The summed E-state index contributed by atoms with van der Waals surface area (Å²) < 4.78 is 52.6. The van der Waals surface area contributed by atoms with Crippen LogP contribution in [0.5, 0.6) is 0 Å². The Balaban J connectivity index is 1.14. The second-order valence-corrected chi connectivity index (χ2v) is 19.2. The number of ether oxygens (including phenoxy) is 8. The number of carbonyl (C=O) groups excluding carboxylic acids is 2. The highest BCUT2D eigenvalue weighted by molar-refractivity contribution is 5.86. The monoisotopic (exact) mass is 955 g/mol. The van der Waals surface area contributed by atoms with Crippen molar-refractivity contribution in [3.8, 4) is 0 Å². The molecule has 0 saturated carbocycles.